The molecule has 3 rings (SSSR count). The molecule has 1 amide bonds. The molecular formula is C17H17FN4O. The predicted molar refractivity (Wildman–Crippen MR) is 87.8 cm³/mol. The highest BCUT2D eigenvalue weighted by atomic mass is 19.1. The Morgan fingerprint density at radius 1 is 1.39 bits per heavy atom. The lowest BCUT2D eigenvalue weighted by Crippen LogP contribution is -2.15. The van der Waals surface area contributed by atoms with Gasteiger partial charge in [-0.25, -0.2) is 9.37 Å². The van der Waals surface area contributed by atoms with Crippen LogP contribution in [0.4, 0.5) is 10.2 Å². The predicted octanol–water partition coefficient (Wildman–Crippen LogP) is 3.03. The van der Waals surface area contributed by atoms with Gasteiger partial charge in [0.2, 0.25) is 0 Å². The van der Waals surface area contributed by atoms with E-state index < -0.39 is 5.91 Å². The largest absolute Gasteiger partial charge is 0.365 e. The minimum absolute atomic E-state index is 0.299. The number of halogens is 1. The Kier molecular flexibility index (Phi) is 3.73. The smallest absolute Gasteiger partial charge is 0.252 e. The summed E-state index contributed by atoms with van der Waals surface area (Å²) in [5.74, 6) is -0.471. The molecule has 0 bridgehead atoms. The number of carbonyl (C=O) groups is 1. The van der Waals surface area contributed by atoms with Gasteiger partial charge in [-0.15, -0.1) is 0 Å². The number of rotatable bonds is 4. The zero-order valence-corrected chi connectivity index (χ0v) is 12.9. The number of carbonyl (C=O) groups excluding carboxylic acids is 1. The van der Waals surface area contributed by atoms with Gasteiger partial charge in [0.15, 0.2) is 0 Å². The van der Waals surface area contributed by atoms with Crippen LogP contribution in [0.2, 0.25) is 0 Å². The first-order valence-electron chi connectivity index (χ1n) is 7.23. The molecule has 118 valence electrons. The van der Waals surface area contributed by atoms with Crippen LogP contribution in [0.1, 0.15) is 27.2 Å². The molecule has 0 radical (unpaired) electrons. The van der Waals surface area contributed by atoms with E-state index in [1.807, 2.05) is 13.8 Å². The van der Waals surface area contributed by atoms with E-state index in [0.717, 1.165) is 27.7 Å². The maximum absolute atomic E-state index is 13.9. The summed E-state index contributed by atoms with van der Waals surface area (Å²) in [7, 11) is 0. The van der Waals surface area contributed by atoms with Gasteiger partial charge in [0, 0.05) is 23.8 Å². The number of nitrogens with one attached hydrogen (secondary N) is 2. The fourth-order valence-corrected chi connectivity index (χ4v) is 2.65. The average Bonchev–Trinajstić information content (AvgIpc) is 2.81. The van der Waals surface area contributed by atoms with Gasteiger partial charge in [-0.2, -0.15) is 0 Å². The molecule has 0 saturated carbocycles. The molecule has 0 aliphatic heterocycles. The number of aromatic amines is 1. The lowest BCUT2D eigenvalue weighted by molar-refractivity contribution is 0.100. The van der Waals surface area contributed by atoms with E-state index >= 15 is 0 Å². The first kappa shape index (κ1) is 15.0. The number of nitrogens with two attached hydrogens (primary N) is 1. The van der Waals surface area contributed by atoms with Crippen LogP contribution >= 0.6 is 0 Å². The van der Waals surface area contributed by atoms with Crippen molar-refractivity contribution in [3.05, 3.63) is 58.7 Å². The minimum atomic E-state index is -0.559. The van der Waals surface area contributed by atoms with Crippen LogP contribution in [0.3, 0.4) is 0 Å². The molecule has 1 aromatic carbocycles. The molecule has 0 unspecified atom stereocenters. The Labute approximate surface area is 132 Å². The van der Waals surface area contributed by atoms with Gasteiger partial charge in [0.25, 0.3) is 5.91 Å². The Morgan fingerprint density at radius 3 is 2.91 bits per heavy atom. The molecule has 5 nitrogen and oxygen atoms in total. The fourth-order valence-electron chi connectivity index (χ4n) is 2.65. The SMILES string of the molecule is Cc1[nH]c2c(CNc3ncccc3C(N)=O)cc(F)cc2c1C. The van der Waals surface area contributed by atoms with Crippen molar-refractivity contribution in [1.29, 1.82) is 0 Å². The summed E-state index contributed by atoms with van der Waals surface area (Å²) in [6, 6.07) is 6.23. The number of amides is 1. The summed E-state index contributed by atoms with van der Waals surface area (Å²) < 4.78 is 13.9. The number of fused-ring (bicyclic) bond motifs is 1. The number of nitrogens with zero attached hydrogens (tertiary/aromatic N) is 1. The first-order chi connectivity index (χ1) is 11.0. The number of benzene rings is 1. The topological polar surface area (TPSA) is 83.8 Å². The average molecular weight is 312 g/mol. The van der Waals surface area contributed by atoms with Gasteiger partial charge in [0.05, 0.1) is 11.1 Å². The van der Waals surface area contributed by atoms with Gasteiger partial charge in [-0.3, -0.25) is 4.79 Å². The van der Waals surface area contributed by atoms with Crippen LogP contribution in [-0.2, 0) is 6.54 Å². The Hall–Kier alpha value is -2.89. The second kappa shape index (κ2) is 5.72. The Bertz CT molecular complexity index is 901. The number of aryl methyl sites for hydroxylation is 2. The maximum atomic E-state index is 13.9. The molecule has 0 aliphatic carbocycles. The third-order valence-electron chi connectivity index (χ3n) is 3.98. The fraction of sp³-hybridized carbons (Fsp3) is 0.176. The summed E-state index contributed by atoms with van der Waals surface area (Å²) in [5.41, 5.74) is 9.31. The number of primary amides is 1. The van der Waals surface area contributed by atoms with E-state index in [9.17, 15) is 9.18 Å². The maximum Gasteiger partial charge on any atom is 0.252 e. The number of pyridine rings is 1. The second-order valence-electron chi connectivity index (χ2n) is 5.48. The van der Waals surface area contributed by atoms with Crippen molar-refractivity contribution in [3.8, 4) is 0 Å². The molecule has 0 atom stereocenters. The van der Waals surface area contributed by atoms with Gasteiger partial charge >= 0.3 is 0 Å². The Balaban J connectivity index is 1.97. The molecule has 0 fully saturated rings. The van der Waals surface area contributed by atoms with Crippen molar-refractivity contribution in [2.24, 2.45) is 5.73 Å². The molecule has 0 spiro atoms. The van der Waals surface area contributed by atoms with Crippen molar-refractivity contribution < 1.29 is 9.18 Å². The number of hydrogen-bond acceptors (Lipinski definition) is 3. The van der Waals surface area contributed by atoms with Gasteiger partial charge in [-0.05, 0) is 49.2 Å². The summed E-state index contributed by atoms with van der Waals surface area (Å²) >= 11 is 0. The molecule has 0 aliphatic rings. The van der Waals surface area contributed by atoms with E-state index in [4.69, 9.17) is 5.73 Å². The van der Waals surface area contributed by atoms with Crippen molar-refractivity contribution in [2.45, 2.75) is 20.4 Å². The molecule has 23 heavy (non-hydrogen) atoms. The molecule has 2 heterocycles. The number of anilines is 1. The van der Waals surface area contributed by atoms with E-state index in [1.165, 1.54) is 12.1 Å². The Morgan fingerprint density at radius 2 is 2.17 bits per heavy atom. The zero-order valence-electron chi connectivity index (χ0n) is 12.9. The minimum Gasteiger partial charge on any atom is -0.365 e. The summed E-state index contributed by atoms with van der Waals surface area (Å²) in [6.45, 7) is 4.23. The third-order valence-corrected chi connectivity index (χ3v) is 3.98. The van der Waals surface area contributed by atoms with E-state index in [1.54, 1.807) is 18.3 Å². The quantitative estimate of drug-likeness (QED) is 0.692. The van der Waals surface area contributed by atoms with Crippen LogP contribution in [0.25, 0.3) is 10.9 Å². The van der Waals surface area contributed by atoms with Gasteiger partial charge in [0.1, 0.15) is 11.6 Å². The summed E-state index contributed by atoms with van der Waals surface area (Å²) in [6.07, 6.45) is 1.57. The highest BCUT2D eigenvalue weighted by Crippen LogP contribution is 2.26. The number of H-pyrrole nitrogens is 1. The number of aromatic nitrogens is 2. The van der Waals surface area contributed by atoms with E-state index in [2.05, 4.69) is 15.3 Å². The van der Waals surface area contributed by atoms with Crippen LogP contribution < -0.4 is 11.1 Å². The van der Waals surface area contributed by atoms with E-state index in [0.29, 0.717) is 17.9 Å². The second-order valence-corrected chi connectivity index (χ2v) is 5.48. The summed E-state index contributed by atoms with van der Waals surface area (Å²) in [5, 5.41) is 3.92. The molecule has 6 heteroatoms. The monoisotopic (exact) mass is 312 g/mol. The van der Waals surface area contributed by atoms with Crippen molar-refractivity contribution in [3.63, 3.8) is 0 Å². The van der Waals surface area contributed by atoms with Crippen molar-refractivity contribution >= 4 is 22.6 Å². The molecule has 2 aromatic heterocycles. The molecular weight excluding hydrogens is 295 g/mol. The first-order valence-corrected chi connectivity index (χ1v) is 7.23. The lowest BCUT2D eigenvalue weighted by Gasteiger charge is -2.10. The number of hydrogen-bond donors (Lipinski definition) is 3. The zero-order chi connectivity index (χ0) is 16.6. The summed E-state index contributed by atoms with van der Waals surface area (Å²) in [4.78, 5) is 18.8. The van der Waals surface area contributed by atoms with Crippen LogP contribution in [0.15, 0.2) is 30.5 Å². The highest BCUT2D eigenvalue weighted by Gasteiger charge is 2.13. The molecule has 0 saturated heterocycles. The normalized spacial score (nSPS) is 10.9. The van der Waals surface area contributed by atoms with Gasteiger partial charge in [-0.1, -0.05) is 0 Å². The van der Waals surface area contributed by atoms with Crippen molar-refractivity contribution in [1.82, 2.24) is 9.97 Å². The highest BCUT2D eigenvalue weighted by molar-refractivity contribution is 5.97. The molecule has 4 N–H and O–H groups in total. The third kappa shape index (κ3) is 2.75. The van der Waals surface area contributed by atoms with Crippen LogP contribution in [-0.4, -0.2) is 15.9 Å². The van der Waals surface area contributed by atoms with Crippen LogP contribution in [0, 0.1) is 19.7 Å². The van der Waals surface area contributed by atoms with Crippen molar-refractivity contribution in [2.75, 3.05) is 5.32 Å². The van der Waals surface area contributed by atoms with Gasteiger partial charge < -0.3 is 16.0 Å². The van der Waals surface area contributed by atoms with E-state index in [-0.39, 0.29) is 5.82 Å². The standard InChI is InChI=1S/C17H17FN4O/c1-9-10(2)22-15-11(6-12(18)7-14(9)15)8-21-17-13(16(19)23)4-3-5-20-17/h3-7,22H,8H2,1-2H3,(H2,19,23)(H,20,21). The molecule has 3 aromatic rings. The lowest BCUT2D eigenvalue weighted by atomic mass is 10.1. The van der Waals surface area contributed by atoms with Crippen LogP contribution in [0.5, 0.6) is 0 Å².